The van der Waals surface area contributed by atoms with Crippen molar-refractivity contribution >= 4 is 17.7 Å². The van der Waals surface area contributed by atoms with Crippen molar-refractivity contribution in [2.75, 3.05) is 33.3 Å². The van der Waals surface area contributed by atoms with Gasteiger partial charge in [-0.05, 0) is 46.0 Å². The van der Waals surface area contributed by atoms with E-state index in [9.17, 15) is 19.5 Å². The molecule has 8 heteroatoms. The van der Waals surface area contributed by atoms with Crippen LogP contribution >= 0.6 is 0 Å². The summed E-state index contributed by atoms with van der Waals surface area (Å²) in [5.41, 5.74) is -1.82. The first-order valence-corrected chi connectivity index (χ1v) is 13.0. The quantitative estimate of drug-likeness (QED) is 0.317. The van der Waals surface area contributed by atoms with Gasteiger partial charge in [-0.25, -0.2) is 0 Å². The van der Waals surface area contributed by atoms with Crippen molar-refractivity contribution < 1.29 is 24.2 Å². The second kappa shape index (κ2) is 10.8. The molecule has 3 amide bonds. The Kier molecular flexibility index (Phi) is 8.48. The third-order valence-electron chi connectivity index (χ3n) is 8.21. The van der Waals surface area contributed by atoms with E-state index >= 15 is 0 Å². The molecule has 3 heterocycles. The summed E-state index contributed by atoms with van der Waals surface area (Å²) in [7, 11) is 1.71. The number of nitrogens with zero attached hydrogens (tertiary/aromatic N) is 3. The summed E-state index contributed by atoms with van der Waals surface area (Å²) in [5.74, 6) is -1.80. The van der Waals surface area contributed by atoms with Crippen LogP contribution in [0.15, 0.2) is 25.3 Å². The fourth-order valence-electron chi connectivity index (χ4n) is 6.59. The van der Waals surface area contributed by atoms with Gasteiger partial charge in [-0.2, -0.15) is 0 Å². The van der Waals surface area contributed by atoms with E-state index in [4.69, 9.17) is 4.74 Å². The van der Waals surface area contributed by atoms with Crippen molar-refractivity contribution in [2.24, 2.45) is 11.8 Å². The van der Waals surface area contributed by atoms with Crippen LogP contribution in [-0.2, 0) is 19.1 Å². The van der Waals surface area contributed by atoms with Gasteiger partial charge in [0.1, 0.15) is 11.6 Å². The van der Waals surface area contributed by atoms with Gasteiger partial charge in [0.25, 0.3) is 0 Å². The molecule has 1 spiro atoms. The molecule has 3 saturated heterocycles. The van der Waals surface area contributed by atoms with Gasteiger partial charge < -0.3 is 24.5 Å². The molecule has 8 nitrogen and oxygen atoms in total. The molecule has 3 unspecified atom stereocenters. The molecule has 0 aromatic rings. The lowest BCUT2D eigenvalue weighted by atomic mass is 9.66. The molecule has 3 aliphatic rings. The van der Waals surface area contributed by atoms with Crippen LogP contribution in [0.25, 0.3) is 0 Å². The lowest BCUT2D eigenvalue weighted by molar-refractivity contribution is -0.154. The maximum absolute atomic E-state index is 14.2. The highest BCUT2D eigenvalue weighted by atomic mass is 16.5. The number of carbonyl (C=O) groups is 3. The molecule has 3 aliphatic heterocycles. The molecular formula is C27H43N3O5. The third kappa shape index (κ3) is 4.55. The van der Waals surface area contributed by atoms with Crippen molar-refractivity contribution in [1.29, 1.82) is 0 Å². The Morgan fingerprint density at radius 2 is 1.91 bits per heavy atom. The third-order valence-corrected chi connectivity index (χ3v) is 8.21. The maximum Gasteiger partial charge on any atom is 0.248 e. The van der Waals surface area contributed by atoms with Gasteiger partial charge in [-0.15, -0.1) is 13.2 Å². The fraction of sp³-hybridized carbons (Fsp3) is 0.741. The molecule has 6 atom stereocenters. The van der Waals surface area contributed by atoms with Gasteiger partial charge in [0, 0.05) is 39.3 Å². The summed E-state index contributed by atoms with van der Waals surface area (Å²) in [6.45, 7) is 14.7. The maximum atomic E-state index is 14.2. The minimum Gasteiger partial charge on any atom is -0.396 e. The summed E-state index contributed by atoms with van der Waals surface area (Å²) in [6.07, 6.45) is 7.45. The average molecular weight is 490 g/mol. The number of hydrogen-bond acceptors (Lipinski definition) is 5. The Balaban J connectivity index is 2.05. The Hall–Kier alpha value is -2.19. The van der Waals surface area contributed by atoms with Crippen LogP contribution in [0.1, 0.15) is 59.3 Å². The lowest BCUT2D eigenvalue weighted by Gasteiger charge is -2.39. The first kappa shape index (κ1) is 27.4. The van der Waals surface area contributed by atoms with E-state index in [-0.39, 0.29) is 30.4 Å². The van der Waals surface area contributed by atoms with E-state index in [1.807, 2.05) is 18.7 Å². The molecular weight excluding hydrogens is 446 g/mol. The molecule has 35 heavy (non-hydrogen) atoms. The number of amides is 3. The number of likely N-dealkylation sites (tertiary alicyclic amines) is 1. The van der Waals surface area contributed by atoms with E-state index < -0.39 is 29.1 Å². The topological polar surface area (TPSA) is 90.4 Å². The standard InChI is InChI=1S/C27H43N3O5/c1-7-12-19(4)29(16-9-3)25(34)22-27-14-13-26(5,35-27)20(23(32)28(6)15-8-2)21(27)24(33)30(22)17-10-11-18-31/h8-9,19-22,31H,2-3,7,10-18H2,1,4-6H3/t19?,20-,21-,22?,26+,27?/m0/s1. The summed E-state index contributed by atoms with van der Waals surface area (Å²) < 4.78 is 6.68. The Morgan fingerprint density at radius 3 is 2.51 bits per heavy atom. The number of aliphatic hydroxyl groups excluding tert-OH is 1. The molecule has 196 valence electrons. The Labute approximate surface area is 210 Å². The second-order valence-corrected chi connectivity index (χ2v) is 10.6. The smallest absolute Gasteiger partial charge is 0.248 e. The van der Waals surface area contributed by atoms with Gasteiger partial charge in [0.2, 0.25) is 17.7 Å². The zero-order valence-corrected chi connectivity index (χ0v) is 21.9. The minimum atomic E-state index is -1.02. The van der Waals surface area contributed by atoms with Gasteiger partial charge in [-0.3, -0.25) is 14.4 Å². The highest BCUT2D eigenvalue weighted by molar-refractivity contribution is 5.99. The number of likely N-dealkylation sites (N-methyl/N-ethyl adjacent to an activating group) is 1. The Bertz CT molecular complexity index is 847. The van der Waals surface area contributed by atoms with Crippen LogP contribution in [0.3, 0.4) is 0 Å². The lowest BCUT2D eigenvalue weighted by Crippen LogP contribution is -2.58. The zero-order chi connectivity index (χ0) is 26.0. The van der Waals surface area contributed by atoms with Gasteiger partial charge >= 0.3 is 0 Å². The van der Waals surface area contributed by atoms with Crippen molar-refractivity contribution in [3.8, 4) is 0 Å². The first-order chi connectivity index (χ1) is 16.6. The predicted octanol–water partition coefficient (Wildman–Crippen LogP) is 2.37. The average Bonchev–Trinajstić information content (AvgIpc) is 3.38. The zero-order valence-electron chi connectivity index (χ0n) is 21.9. The van der Waals surface area contributed by atoms with E-state index in [2.05, 4.69) is 20.1 Å². The normalized spacial score (nSPS) is 31.9. The summed E-state index contributed by atoms with van der Waals surface area (Å²) in [5, 5.41) is 9.32. The number of carbonyl (C=O) groups excluding carboxylic acids is 3. The number of fused-ring (bicyclic) bond motifs is 1. The van der Waals surface area contributed by atoms with Crippen molar-refractivity contribution in [2.45, 2.75) is 82.6 Å². The monoisotopic (exact) mass is 489 g/mol. The minimum absolute atomic E-state index is 0.0133. The number of aliphatic hydroxyl groups is 1. The molecule has 0 aromatic carbocycles. The van der Waals surface area contributed by atoms with Crippen LogP contribution in [0.2, 0.25) is 0 Å². The second-order valence-electron chi connectivity index (χ2n) is 10.6. The summed E-state index contributed by atoms with van der Waals surface area (Å²) in [4.78, 5) is 46.8. The largest absolute Gasteiger partial charge is 0.396 e. The van der Waals surface area contributed by atoms with E-state index in [1.54, 1.807) is 29.0 Å². The molecule has 1 N–H and O–H groups in total. The highest BCUT2D eigenvalue weighted by Gasteiger charge is 2.78. The highest BCUT2D eigenvalue weighted by Crippen LogP contribution is 2.63. The molecule has 0 aromatic heterocycles. The molecule has 0 aliphatic carbocycles. The van der Waals surface area contributed by atoms with E-state index in [1.165, 1.54) is 0 Å². The molecule has 0 saturated carbocycles. The van der Waals surface area contributed by atoms with Crippen molar-refractivity contribution in [3.05, 3.63) is 25.3 Å². The summed E-state index contributed by atoms with van der Waals surface area (Å²) >= 11 is 0. The molecule has 0 radical (unpaired) electrons. The molecule has 3 fully saturated rings. The van der Waals surface area contributed by atoms with Crippen molar-refractivity contribution in [1.82, 2.24) is 14.7 Å². The van der Waals surface area contributed by atoms with Crippen LogP contribution in [0.4, 0.5) is 0 Å². The first-order valence-electron chi connectivity index (χ1n) is 13.0. The van der Waals surface area contributed by atoms with Crippen LogP contribution in [0, 0.1) is 11.8 Å². The van der Waals surface area contributed by atoms with Crippen LogP contribution in [0.5, 0.6) is 0 Å². The SMILES string of the molecule is C=CCN(C)C(=O)[C@@H]1[C@H]2C(=O)N(CCCCO)C(C(=O)N(CC=C)C(C)CCC)C23CC[C@@]1(C)O3. The molecule has 3 rings (SSSR count). The van der Waals surface area contributed by atoms with Crippen molar-refractivity contribution in [3.63, 3.8) is 0 Å². The van der Waals surface area contributed by atoms with Gasteiger partial charge in [0.05, 0.1) is 17.4 Å². The summed E-state index contributed by atoms with van der Waals surface area (Å²) in [6, 6.07) is -0.803. The fourth-order valence-corrected chi connectivity index (χ4v) is 6.59. The number of ether oxygens (including phenoxy) is 1. The van der Waals surface area contributed by atoms with E-state index in [0.717, 1.165) is 12.8 Å². The number of unbranched alkanes of at least 4 members (excludes halogenated alkanes) is 1. The van der Waals surface area contributed by atoms with E-state index in [0.29, 0.717) is 45.3 Å². The Morgan fingerprint density at radius 1 is 1.23 bits per heavy atom. The number of hydrogen-bond donors (Lipinski definition) is 1. The van der Waals surface area contributed by atoms with Gasteiger partial charge in [0.15, 0.2) is 0 Å². The molecule has 2 bridgehead atoms. The number of rotatable bonds is 13. The van der Waals surface area contributed by atoms with Crippen LogP contribution in [-0.4, -0.2) is 94.1 Å². The van der Waals surface area contributed by atoms with Gasteiger partial charge in [-0.1, -0.05) is 25.5 Å². The van der Waals surface area contributed by atoms with Crippen LogP contribution < -0.4 is 0 Å². The predicted molar refractivity (Wildman–Crippen MR) is 134 cm³/mol.